The number of aryl methyl sites for hydroxylation is 1. The van der Waals surface area contributed by atoms with Gasteiger partial charge < -0.3 is 0 Å². The second kappa shape index (κ2) is 6.00. The van der Waals surface area contributed by atoms with Crippen LogP contribution in [0.1, 0.15) is 49.6 Å². The largest absolute Gasteiger partial charge is 0.435 e. The van der Waals surface area contributed by atoms with Gasteiger partial charge in [-0.15, -0.1) is 11.8 Å². The SMILES string of the molecule is CCC#CCC(C)c1c(C(F)(F)F)nn(C)c1C(F)(F)F. The molecule has 0 N–H and O–H groups in total. The minimum atomic E-state index is -4.94. The molecule has 0 saturated heterocycles. The molecule has 0 aromatic carbocycles. The summed E-state index contributed by atoms with van der Waals surface area (Å²) in [6, 6.07) is 0. The highest BCUT2D eigenvalue weighted by atomic mass is 19.4. The van der Waals surface area contributed by atoms with E-state index in [2.05, 4.69) is 16.9 Å². The van der Waals surface area contributed by atoms with E-state index in [-0.39, 0.29) is 11.1 Å². The second-order valence-electron chi connectivity index (χ2n) is 4.54. The van der Waals surface area contributed by atoms with Gasteiger partial charge in [-0.05, 0) is 5.92 Å². The summed E-state index contributed by atoms with van der Waals surface area (Å²) in [6.07, 6.45) is -9.46. The number of alkyl halides is 6. The summed E-state index contributed by atoms with van der Waals surface area (Å²) in [4.78, 5) is 0. The molecule has 2 nitrogen and oxygen atoms in total. The van der Waals surface area contributed by atoms with E-state index in [1.54, 1.807) is 6.92 Å². The quantitative estimate of drug-likeness (QED) is 0.586. The lowest BCUT2D eigenvalue weighted by atomic mass is 9.94. The summed E-state index contributed by atoms with van der Waals surface area (Å²) in [5.41, 5.74) is -3.72. The molecule has 0 aliphatic carbocycles. The van der Waals surface area contributed by atoms with Gasteiger partial charge in [-0.2, -0.15) is 31.4 Å². The maximum absolute atomic E-state index is 13.0. The van der Waals surface area contributed by atoms with E-state index in [1.165, 1.54) is 6.92 Å². The lowest BCUT2D eigenvalue weighted by Gasteiger charge is -2.15. The third-order valence-corrected chi connectivity index (χ3v) is 2.82. The summed E-state index contributed by atoms with van der Waals surface area (Å²) < 4.78 is 77.9. The van der Waals surface area contributed by atoms with Crippen molar-refractivity contribution in [2.24, 2.45) is 7.05 Å². The molecule has 0 amide bonds. The monoisotopic (exact) mass is 312 g/mol. The predicted octanol–water partition coefficient (Wildman–Crippen LogP) is 4.36. The van der Waals surface area contributed by atoms with Gasteiger partial charge in [0.25, 0.3) is 0 Å². The summed E-state index contributed by atoms with van der Waals surface area (Å²) in [6.45, 7) is 3.02. The van der Waals surface area contributed by atoms with Gasteiger partial charge in [0.05, 0.1) is 0 Å². The minimum absolute atomic E-state index is 0.0916. The molecule has 0 saturated carbocycles. The Morgan fingerprint density at radius 1 is 1.10 bits per heavy atom. The Hall–Kier alpha value is -1.65. The van der Waals surface area contributed by atoms with Crippen molar-refractivity contribution < 1.29 is 26.3 Å². The van der Waals surface area contributed by atoms with Crippen molar-refractivity contribution in [3.63, 3.8) is 0 Å². The van der Waals surface area contributed by atoms with Crippen LogP contribution in [0.4, 0.5) is 26.3 Å². The Bertz CT molecular complexity index is 556. The van der Waals surface area contributed by atoms with Crippen molar-refractivity contribution in [2.75, 3.05) is 0 Å². The first-order valence-corrected chi connectivity index (χ1v) is 6.17. The van der Waals surface area contributed by atoms with Crippen LogP contribution in [0.25, 0.3) is 0 Å². The molecule has 0 spiro atoms. The first kappa shape index (κ1) is 17.4. The van der Waals surface area contributed by atoms with E-state index in [1.807, 2.05) is 0 Å². The van der Waals surface area contributed by atoms with Gasteiger partial charge in [0.1, 0.15) is 5.69 Å². The smallest absolute Gasteiger partial charge is 0.263 e. The third-order valence-electron chi connectivity index (χ3n) is 2.82. The molecule has 8 heteroatoms. The first-order chi connectivity index (χ1) is 9.50. The highest BCUT2D eigenvalue weighted by molar-refractivity contribution is 5.34. The topological polar surface area (TPSA) is 17.8 Å². The summed E-state index contributed by atoms with van der Waals surface area (Å²) in [7, 11) is 0.853. The van der Waals surface area contributed by atoms with Gasteiger partial charge in [0, 0.05) is 25.5 Å². The van der Waals surface area contributed by atoms with Crippen molar-refractivity contribution in [3.05, 3.63) is 17.0 Å². The van der Waals surface area contributed by atoms with Crippen LogP contribution in [0, 0.1) is 11.8 Å². The van der Waals surface area contributed by atoms with E-state index in [9.17, 15) is 26.3 Å². The fourth-order valence-electron chi connectivity index (χ4n) is 2.01. The van der Waals surface area contributed by atoms with Gasteiger partial charge >= 0.3 is 12.4 Å². The molecule has 1 atom stereocenters. The maximum atomic E-state index is 13.0. The molecule has 1 aromatic heterocycles. The van der Waals surface area contributed by atoms with Crippen molar-refractivity contribution in [1.29, 1.82) is 0 Å². The lowest BCUT2D eigenvalue weighted by molar-refractivity contribution is -0.145. The third kappa shape index (κ3) is 3.93. The predicted molar refractivity (Wildman–Crippen MR) is 64.3 cm³/mol. The number of rotatable bonds is 2. The Morgan fingerprint density at radius 3 is 2.10 bits per heavy atom. The zero-order valence-corrected chi connectivity index (χ0v) is 11.7. The molecule has 1 rings (SSSR count). The van der Waals surface area contributed by atoms with Crippen molar-refractivity contribution in [2.45, 2.75) is 45.0 Å². The highest BCUT2D eigenvalue weighted by Gasteiger charge is 2.46. The molecular formula is C13H14F6N2. The van der Waals surface area contributed by atoms with Crippen LogP contribution in [0.2, 0.25) is 0 Å². The molecular weight excluding hydrogens is 298 g/mol. The summed E-state index contributed by atoms with van der Waals surface area (Å²) >= 11 is 0. The average molecular weight is 312 g/mol. The van der Waals surface area contributed by atoms with Crippen molar-refractivity contribution in [1.82, 2.24) is 9.78 Å². The van der Waals surface area contributed by atoms with Crippen LogP contribution in [-0.2, 0) is 19.4 Å². The van der Waals surface area contributed by atoms with Crippen LogP contribution in [0.15, 0.2) is 0 Å². The van der Waals surface area contributed by atoms with Crippen LogP contribution >= 0.6 is 0 Å². The Labute approximate surface area is 118 Å². The van der Waals surface area contributed by atoms with E-state index in [0.29, 0.717) is 6.42 Å². The van der Waals surface area contributed by atoms with Gasteiger partial charge in [-0.1, -0.05) is 13.8 Å². The number of aromatic nitrogens is 2. The zero-order chi connectivity index (χ0) is 16.4. The minimum Gasteiger partial charge on any atom is -0.263 e. The Balaban J connectivity index is 3.44. The molecule has 0 fully saturated rings. The number of hydrogen-bond donors (Lipinski definition) is 0. The number of nitrogens with zero attached hydrogens (tertiary/aromatic N) is 2. The standard InChI is InChI=1S/C13H14F6N2/c1-4-5-6-7-8(2)9-10(12(14,15)16)20-21(3)11(9)13(17,18)19/h8H,4,7H2,1-3H3. The van der Waals surface area contributed by atoms with Crippen LogP contribution in [0.5, 0.6) is 0 Å². The summed E-state index contributed by atoms with van der Waals surface area (Å²) in [5, 5.41) is 3.02. The molecule has 1 unspecified atom stereocenters. The zero-order valence-electron chi connectivity index (χ0n) is 11.7. The Kier molecular flexibility index (Phi) is 4.97. The molecule has 0 aliphatic rings. The van der Waals surface area contributed by atoms with E-state index >= 15 is 0 Å². The highest BCUT2D eigenvalue weighted by Crippen LogP contribution is 2.42. The molecule has 0 aliphatic heterocycles. The number of hydrogen-bond acceptors (Lipinski definition) is 1. The van der Waals surface area contributed by atoms with Gasteiger partial charge in [0.15, 0.2) is 5.69 Å². The summed E-state index contributed by atoms with van der Waals surface area (Å²) in [5.74, 6) is 4.19. The average Bonchev–Trinajstić information content (AvgIpc) is 2.66. The van der Waals surface area contributed by atoms with Crippen molar-refractivity contribution >= 4 is 0 Å². The van der Waals surface area contributed by atoms with Gasteiger partial charge in [-0.25, -0.2) is 0 Å². The Morgan fingerprint density at radius 2 is 1.67 bits per heavy atom. The molecule has 118 valence electrons. The fourth-order valence-corrected chi connectivity index (χ4v) is 2.01. The number of halogens is 6. The van der Waals surface area contributed by atoms with Gasteiger partial charge in [0.2, 0.25) is 0 Å². The fraction of sp³-hybridized carbons (Fsp3) is 0.615. The molecule has 21 heavy (non-hydrogen) atoms. The van der Waals surface area contributed by atoms with Crippen molar-refractivity contribution in [3.8, 4) is 11.8 Å². The molecule has 1 aromatic rings. The van der Waals surface area contributed by atoms with Crippen LogP contribution < -0.4 is 0 Å². The lowest BCUT2D eigenvalue weighted by Crippen LogP contribution is -2.16. The molecule has 0 radical (unpaired) electrons. The van der Waals surface area contributed by atoms with E-state index < -0.39 is 35.2 Å². The second-order valence-corrected chi connectivity index (χ2v) is 4.54. The maximum Gasteiger partial charge on any atom is 0.435 e. The van der Waals surface area contributed by atoms with E-state index in [4.69, 9.17) is 0 Å². The van der Waals surface area contributed by atoms with Crippen LogP contribution in [-0.4, -0.2) is 9.78 Å². The van der Waals surface area contributed by atoms with Gasteiger partial charge in [-0.3, -0.25) is 4.68 Å². The normalized spacial score (nSPS) is 13.8. The van der Waals surface area contributed by atoms with Crippen LogP contribution in [0.3, 0.4) is 0 Å². The molecule has 1 heterocycles. The molecule has 0 bridgehead atoms. The van der Waals surface area contributed by atoms with E-state index in [0.717, 1.165) is 7.05 Å². The first-order valence-electron chi connectivity index (χ1n) is 6.17.